The second-order valence-electron chi connectivity index (χ2n) is 7.42. The molecule has 5 nitrogen and oxygen atoms in total. The van der Waals surface area contributed by atoms with Gasteiger partial charge >= 0.3 is 6.36 Å². The molecule has 0 spiro atoms. The molecule has 2 aromatic carbocycles. The Bertz CT molecular complexity index is 1220. The fourth-order valence-electron chi connectivity index (χ4n) is 3.65. The summed E-state index contributed by atoms with van der Waals surface area (Å²) in [6, 6.07) is 9.02. The predicted octanol–water partition coefficient (Wildman–Crippen LogP) is 5.19. The molecule has 9 heteroatoms. The number of imide groups is 1. The van der Waals surface area contributed by atoms with E-state index in [1.165, 1.54) is 30.3 Å². The van der Waals surface area contributed by atoms with E-state index in [0.717, 1.165) is 17.0 Å². The quantitative estimate of drug-likeness (QED) is 0.421. The summed E-state index contributed by atoms with van der Waals surface area (Å²) in [5.41, 5.74) is 0.783. The number of carbonyl (C=O) groups excluding carboxylic acids is 2. The zero-order chi connectivity index (χ0) is 22.5. The molecule has 4 rings (SSSR count). The zero-order valence-corrected chi connectivity index (χ0v) is 16.5. The van der Waals surface area contributed by atoms with Gasteiger partial charge in [0.2, 0.25) is 0 Å². The number of aromatic nitrogens is 1. The lowest BCUT2D eigenvalue weighted by Gasteiger charge is -2.18. The summed E-state index contributed by atoms with van der Waals surface area (Å²) >= 11 is 0. The minimum absolute atomic E-state index is 0.00359. The van der Waals surface area contributed by atoms with Gasteiger partial charge in [0.25, 0.3) is 11.8 Å². The molecule has 1 aliphatic rings. The first-order chi connectivity index (χ1) is 14.6. The number of pyridine rings is 1. The van der Waals surface area contributed by atoms with E-state index < -0.39 is 36.3 Å². The third-order valence-electron chi connectivity index (χ3n) is 4.97. The van der Waals surface area contributed by atoms with E-state index >= 15 is 0 Å². The predicted molar refractivity (Wildman–Crippen MR) is 103 cm³/mol. The molecule has 31 heavy (non-hydrogen) atoms. The van der Waals surface area contributed by atoms with Crippen molar-refractivity contribution in [2.75, 3.05) is 0 Å². The normalized spacial score (nSPS) is 14.0. The topological polar surface area (TPSA) is 59.5 Å². The maximum atomic E-state index is 13.9. The maximum absolute atomic E-state index is 13.9. The lowest BCUT2D eigenvalue weighted by molar-refractivity contribution is -0.274. The van der Waals surface area contributed by atoms with Crippen molar-refractivity contribution in [3.8, 4) is 5.75 Å². The van der Waals surface area contributed by atoms with Gasteiger partial charge in [0.05, 0.1) is 28.9 Å². The lowest BCUT2D eigenvalue weighted by Crippen LogP contribution is -2.30. The number of fused-ring (bicyclic) bond motifs is 3. The summed E-state index contributed by atoms with van der Waals surface area (Å²) in [4.78, 5) is 31.6. The number of para-hydroxylation sites is 1. The minimum Gasteiger partial charge on any atom is -0.405 e. The van der Waals surface area contributed by atoms with Crippen LogP contribution < -0.4 is 4.74 Å². The van der Waals surface area contributed by atoms with E-state index in [-0.39, 0.29) is 28.0 Å². The van der Waals surface area contributed by atoms with Gasteiger partial charge in [-0.1, -0.05) is 32.0 Å². The monoisotopic (exact) mass is 432 g/mol. The van der Waals surface area contributed by atoms with Crippen molar-refractivity contribution in [2.45, 2.75) is 32.7 Å². The van der Waals surface area contributed by atoms with Crippen LogP contribution in [0.2, 0.25) is 0 Å². The first-order valence-corrected chi connectivity index (χ1v) is 9.40. The van der Waals surface area contributed by atoms with Crippen LogP contribution >= 0.6 is 0 Å². The molecule has 160 valence electrons. The Kier molecular flexibility index (Phi) is 4.91. The van der Waals surface area contributed by atoms with Gasteiger partial charge in [0, 0.05) is 10.9 Å². The van der Waals surface area contributed by atoms with Crippen LogP contribution in [-0.4, -0.2) is 28.1 Å². The number of halogens is 4. The molecule has 1 aromatic heterocycles. The number of benzene rings is 2. The highest BCUT2D eigenvalue weighted by Gasteiger charge is 2.41. The van der Waals surface area contributed by atoms with E-state index in [1.807, 2.05) is 0 Å². The van der Waals surface area contributed by atoms with Crippen molar-refractivity contribution < 1.29 is 31.9 Å². The molecule has 2 amide bonds. The summed E-state index contributed by atoms with van der Waals surface area (Å²) in [7, 11) is 0. The summed E-state index contributed by atoms with van der Waals surface area (Å²) in [6.45, 7) is 3.16. The van der Waals surface area contributed by atoms with Crippen molar-refractivity contribution in [2.24, 2.45) is 0 Å². The van der Waals surface area contributed by atoms with Gasteiger partial charge in [-0.25, -0.2) is 4.39 Å². The van der Waals surface area contributed by atoms with Crippen LogP contribution in [0.3, 0.4) is 0 Å². The Morgan fingerprint density at radius 2 is 1.71 bits per heavy atom. The fourth-order valence-corrected chi connectivity index (χ4v) is 3.65. The van der Waals surface area contributed by atoms with E-state index in [0.29, 0.717) is 11.2 Å². The average Bonchev–Trinajstić information content (AvgIpc) is 2.93. The van der Waals surface area contributed by atoms with Gasteiger partial charge < -0.3 is 4.74 Å². The van der Waals surface area contributed by atoms with Gasteiger partial charge in [-0.2, -0.15) is 0 Å². The molecule has 3 aromatic rings. The molecule has 0 radical (unpaired) electrons. The largest absolute Gasteiger partial charge is 0.573 e. The number of ether oxygens (including phenoxy) is 1. The molecular formula is C22H16F4N2O3. The van der Waals surface area contributed by atoms with Crippen LogP contribution in [0.25, 0.3) is 10.9 Å². The van der Waals surface area contributed by atoms with Gasteiger partial charge in [-0.3, -0.25) is 19.5 Å². The van der Waals surface area contributed by atoms with Crippen LogP contribution in [0.5, 0.6) is 5.75 Å². The Labute approximate surface area is 174 Å². The molecule has 2 heterocycles. The van der Waals surface area contributed by atoms with E-state index in [9.17, 15) is 27.2 Å². The summed E-state index contributed by atoms with van der Waals surface area (Å²) in [5.74, 6) is -2.74. The van der Waals surface area contributed by atoms with Crippen molar-refractivity contribution in [1.82, 2.24) is 9.88 Å². The van der Waals surface area contributed by atoms with Crippen molar-refractivity contribution >= 4 is 22.7 Å². The lowest BCUT2D eigenvalue weighted by atomic mass is 9.97. The Hall–Kier alpha value is -3.49. The van der Waals surface area contributed by atoms with Gasteiger partial charge in [-0.15, -0.1) is 13.2 Å². The van der Waals surface area contributed by atoms with Crippen LogP contribution in [0.4, 0.5) is 17.6 Å². The number of alkyl halides is 3. The highest BCUT2D eigenvalue weighted by Crippen LogP contribution is 2.36. The Morgan fingerprint density at radius 3 is 2.39 bits per heavy atom. The Morgan fingerprint density at radius 1 is 1.03 bits per heavy atom. The first-order valence-electron chi connectivity index (χ1n) is 9.40. The molecular weight excluding hydrogens is 416 g/mol. The van der Waals surface area contributed by atoms with Crippen molar-refractivity contribution in [3.63, 3.8) is 0 Å². The van der Waals surface area contributed by atoms with Gasteiger partial charge in [-0.05, 0) is 30.2 Å². The van der Waals surface area contributed by atoms with Crippen molar-refractivity contribution in [3.05, 3.63) is 70.7 Å². The maximum Gasteiger partial charge on any atom is 0.573 e. The third-order valence-corrected chi connectivity index (χ3v) is 4.97. The van der Waals surface area contributed by atoms with Gasteiger partial charge in [0.15, 0.2) is 0 Å². The number of carbonyl (C=O) groups is 2. The smallest absolute Gasteiger partial charge is 0.405 e. The Balaban J connectivity index is 1.82. The van der Waals surface area contributed by atoms with Crippen LogP contribution in [-0.2, 0) is 6.54 Å². The van der Waals surface area contributed by atoms with Crippen LogP contribution in [0.1, 0.15) is 51.7 Å². The number of rotatable bonds is 4. The van der Waals surface area contributed by atoms with E-state index in [4.69, 9.17) is 0 Å². The van der Waals surface area contributed by atoms with Crippen LogP contribution in [0, 0.1) is 5.82 Å². The van der Waals surface area contributed by atoms with Crippen LogP contribution in [0.15, 0.2) is 42.5 Å². The molecule has 0 N–H and O–H groups in total. The molecule has 0 saturated heterocycles. The second kappa shape index (κ2) is 7.33. The number of nitrogens with zero attached hydrogens (tertiary/aromatic N) is 2. The third kappa shape index (κ3) is 3.71. The van der Waals surface area contributed by atoms with Gasteiger partial charge in [0.1, 0.15) is 11.6 Å². The summed E-state index contributed by atoms with van der Waals surface area (Å²) in [6.07, 6.45) is -4.93. The number of hydrogen-bond donors (Lipinski definition) is 0. The minimum atomic E-state index is -4.93. The standard InChI is InChI=1S/C22H16F4N2O3/c1-11(2)19-18-17(14-9-13(23)7-8-15(14)27-19)20(29)28(21(18)30)10-12-5-3-4-6-16(12)31-22(24,25)26/h3-9,11H,10H2,1-2H3. The zero-order valence-electron chi connectivity index (χ0n) is 16.5. The highest BCUT2D eigenvalue weighted by molar-refractivity contribution is 6.26. The number of amides is 2. The molecule has 0 fully saturated rings. The van der Waals surface area contributed by atoms with E-state index in [1.54, 1.807) is 13.8 Å². The molecule has 0 bridgehead atoms. The fraction of sp³-hybridized carbons (Fsp3) is 0.227. The van der Waals surface area contributed by atoms with E-state index in [2.05, 4.69) is 9.72 Å². The first kappa shape index (κ1) is 20.8. The molecule has 0 unspecified atom stereocenters. The molecule has 0 atom stereocenters. The SMILES string of the molecule is CC(C)c1nc2ccc(F)cc2c2c1C(=O)N(Cc1ccccc1OC(F)(F)F)C2=O. The molecule has 0 aliphatic carbocycles. The summed E-state index contributed by atoms with van der Waals surface area (Å²) in [5, 5.41) is 0.181. The summed E-state index contributed by atoms with van der Waals surface area (Å²) < 4.78 is 56.1. The number of hydrogen-bond acceptors (Lipinski definition) is 4. The second-order valence-corrected chi connectivity index (χ2v) is 7.42. The highest BCUT2D eigenvalue weighted by atomic mass is 19.4. The molecule has 0 saturated carbocycles. The average molecular weight is 432 g/mol. The van der Waals surface area contributed by atoms with Crippen molar-refractivity contribution in [1.29, 1.82) is 0 Å². The molecule has 1 aliphatic heterocycles.